The number of hydrogen-bond acceptors (Lipinski definition) is 1. The molecule has 0 aliphatic rings. The van der Waals surface area contributed by atoms with Crippen LogP contribution in [0.5, 0.6) is 0 Å². The molecule has 1 nitrogen and oxygen atoms in total. The van der Waals surface area contributed by atoms with E-state index in [1.54, 1.807) is 0 Å². The topological polar surface area (TPSA) is 12.9 Å². The summed E-state index contributed by atoms with van der Waals surface area (Å²) < 4.78 is 1.47. The van der Waals surface area contributed by atoms with E-state index >= 15 is 0 Å². The Morgan fingerprint density at radius 3 is 2.44 bits per heavy atom. The first-order valence-electron chi connectivity index (χ1n) is 3.11. The van der Waals surface area contributed by atoms with E-state index in [9.17, 15) is 0 Å². The van der Waals surface area contributed by atoms with E-state index in [2.05, 4.69) is 24.0 Å². The molecule has 0 aliphatic carbocycles. The van der Waals surface area contributed by atoms with Crippen LogP contribution in [-0.4, -0.2) is 60.5 Å². The first-order valence-corrected chi connectivity index (χ1v) is 5.57. The van der Waals surface area contributed by atoms with Gasteiger partial charge in [0, 0.05) is 0 Å². The number of aromatic nitrogens is 1. The summed E-state index contributed by atoms with van der Waals surface area (Å²) >= 11 is 0.620. The fourth-order valence-corrected chi connectivity index (χ4v) is 1.44. The van der Waals surface area contributed by atoms with Crippen molar-refractivity contribution in [3.05, 3.63) is 23.5 Å². The Bertz CT molecular complexity index is 220. The van der Waals surface area contributed by atoms with Crippen LogP contribution in [0.1, 0.15) is 11.4 Å². The second-order valence-corrected chi connectivity index (χ2v) is 5.00. The maximum absolute atomic E-state index is 4.33. The molecule has 0 atom stereocenters. The van der Waals surface area contributed by atoms with Gasteiger partial charge in [0.15, 0.2) is 0 Å². The quantitative estimate of drug-likeness (QED) is 0.582. The molecule has 0 saturated heterocycles. The van der Waals surface area contributed by atoms with Gasteiger partial charge in [0.1, 0.15) is 0 Å². The Morgan fingerprint density at radius 2 is 2.00 bits per heavy atom. The molecule has 1 aromatic rings. The van der Waals surface area contributed by atoms with Gasteiger partial charge < -0.3 is 0 Å². The third kappa shape index (κ3) is 2.22. The summed E-state index contributed by atoms with van der Waals surface area (Å²) in [4.78, 5) is 4.33. The summed E-state index contributed by atoms with van der Waals surface area (Å²) in [7, 11) is 0. The van der Waals surface area contributed by atoms with Crippen LogP contribution in [0.25, 0.3) is 0 Å². The van der Waals surface area contributed by atoms with E-state index in [0.717, 1.165) is 5.69 Å². The van der Waals surface area contributed by atoms with Crippen LogP contribution >= 0.6 is 0 Å². The molecule has 9 heavy (non-hydrogen) atoms. The van der Waals surface area contributed by atoms with E-state index in [1.165, 1.54) is 4.33 Å². The van der Waals surface area contributed by atoms with E-state index < -0.39 is 0 Å². The minimum atomic E-state index is 0.620. The normalized spacial score (nSPS) is 9.78. The van der Waals surface area contributed by atoms with Crippen molar-refractivity contribution >= 4 is 54.2 Å². The molecule has 1 aromatic heterocycles. The van der Waals surface area contributed by atoms with Crippen LogP contribution in [-0.2, 0) is 0 Å². The monoisotopic (exact) mass is 191 g/mol. The Hall–Kier alpha value is 0.955. The number of aryl methyl sites for hydroxylation is 2. The van der Waals surface area contributed by atoms with E-state index in [-0.39, 0.29) is 0 Å². The predicted octanol–water partition coefficient (Wildman–Crippen LogP) is 0.492. The Morgan fingerprint density at radius 1 is 1.33 bits per heavy atom. The van der Waals surface area contributed by atoms with Crippen LogP contribution in [0, 0.1) is 13.8 Å². The summed E-state index contributed by atoms with van der Waals surface area (Å²) in [6.45, 7) is 4.11. The van der Waals surface area contributed by atoms with Crippen LogP contribution in [0.4, 0.5) is 0 Å². The van der Waals surface area contributed by atoms with Crippen LogP contribution in [0.2, 0.25) is 0 Å². The van der Waals surface area contributed by atoms with Gasteiger partial charge in [-0.2, -0.15) is 0 Å². The van der Waals surface area contributed by atoms with Gasteiger partial charge in [-0.1, -0.05) is 0 Å². The Kier molecular flexibility index (Phi) is 3.02. The molecule has 0 amide bonds. The van der Waals surface area contributed by atoms with E-state index in [4.69, 9.17) is 0 Å². The molecule has 0 saturated carbocycles. The van der Waals surface area contributed by atoms with Crippen molar-refractivity contribution in [1.82, 2.24) is 4.98 Å². The SMILES string of the molecule is Cc1cc[c]([Rb])c(C)n1. The molecule has 0 N–H and O–H groups in total. The molecule has 0 aromatic carbocycles. The predicted molar refractivity (Wildman–Crippen MR) is 39.1 cm³/mol. The van der Waals surface area contributed by atoms with Crippen LogP contribution in [0.3, 0.4) is 0 Å². The molecule has 0 aliphatic heterocycles. The first kappa shape index (κ1) is 8.06. The summed E-state index contributed by atoms with van der Waals surface area (Å²) in [5.41, 5.74) is 2.36. The van der Waals surface area contributed by atoms with Crippen molar-refractivity contribution in [3.8, 4) is 0 Å². The second kappa shape index (κ2) is 3.38. The van der Waals surface area contributed by atoms with Crippen LogP contribution in [0.15, 0.2) is 12.1 Å². The molecular formula is C7H8NRb. The molecule has 0 unspecified atom stereocenters. The molecule has 0 radical (unpaired) electrons. The third-order valence-corrected chi connectivity index (χ3v) is 4.09. The maximum atomic E-state index is 4.33. The number of nitrogens with zero attached hydrogens (tertiary/aromatic N) is 1. The number of hydrogen-bond donors (Lipinski definition) is 0. The number of rotatable bonds is 0. The molecule has 42 valence electrons. The molecule has 1 heterocycles. The van der Waals surface area contributed by atoms with Gasteiger partial charge in [-0.15, -0.1) is 0 Å². The second-order valence-electron chi connectivity index (χ2n) is 2.35. The average Bonchev–Trinajstić information content (AvgIpc) is 1.80. The van der Waals surface area contributed by atoms with Crippen molar-refractivity contribution in [1.29, 1.82) is 0 Å². The fourth-order valence-electron chi connectivity index (χ4n) is 0.756. The van der Waals surface area contributed by atoms with Crippen molar-refractivity contribution < 1.29 is 0 Å². The van der Waals surface area contributed by atoms with Gasteiger partial charge in [0.05, 0.1) is 0 Å². The summed E-state index contributed by atoms with van der Waals surface area (Å²) in [5, 5.41) is 0. The van der Waals surface area contributed by atoms with Gasteiger partial charge in [-0.3, -0.25) is 0 Å². The first-order chi connectivity index (χ1) is 4.20. The average molecular weight is 192 g/mol. The molecule has 0 spiro atoms. The standard InChI is InChI=1S/C7H8N.Rb/c1-6-4-3-5-7(2)8-6;/h3-4H,1-2H3;. The summed E-state index contributed by atoms with van der Waals surface area (Å²) in [6, 6.07) is 4.27. The zero-order valence-electron chi connectivity index (χ0n) is 6.10. The molecule has 0 fully saturated rings. The summed E-state index contributed by atoms with van der Waals surface area (Å²) in [5.74, 6) is 0. The van der Waals surface area contributed by atoms with Gasteiger partial charge in [-0.25, -0.2) is 0 Å². The van der Waals surface area contributed by atoms with Crippen molar-refractivity contribution in [2.75, 3.05) is 0 Å². The Labute approximate surface area is 94.6 Å². The molecule has 2 heteroatoms. The van der Waals surface area contributed by atoms with Gasteiger partial charge in [0.25, 0.3) is 0 Å². The molecule has 1 rings (SSSR count). The zero-order valence-corrected chi connectivity index (χ0v) is 11.0. The Balaban J connectivity index is 3.17. The van der Waals surface area contributed by atoms with Gasteiger partial charge >= 0.3 is 96.5 Å². The van der Waals surface area contributed by atoms with Crippen LogP contribution < -0.4 is -1.37 Å². The molecule has 0 bridgehead atoms. The van der Waals surface area contributed by atoms with Crippen molar-refractivity contribution in [2.24, 2.45) is 0 Å². The fraction of sp³-hybridized carbons (Fsp3) is 0.286. The van der Waals surface area contributed by atoms with Gasteiger partial charge in [-0.05, 0) is 0 Å². The third-order valence-electron chi connectivity index (χ3n) is 1.49. The number of pyridine rings is 1. The van der Waals surface area contributed by atoms with Gasteiger partial charge in [0.2, 0.25) is 0 Å². The van der Waals surface area contributed by atoms with Crippen molar-refractivity contribution in [3.63, 3.8) is 0 Å². The molecular weight excluding hydrogens is 184 g/mol. The summed E-state index contributed by atoms with van der Waals surface area (Å²) in [6.07, 6.45) is 0. The minimum absolute atomic E-state index is 0.620. The van der Waals surface area contributed by atoms with E-state index in [0.29, 0.717) is 55.5 Å². The van der Waals surface area contributed by atoms with E-state index in [1.807, 2.05) is 6.92 Å². The van der Waals surface area contributed by atoms with Crippen molar-refractivity contribution in [2.45, 2.75) is 13.8 Å². The zero-order chi connectivity index (χ0) is 6.85.